The van der Waals surface area contributed by atoms with Gasteiger partial charge in [0.1, 0.15) is 0 Å². The fourth-order valence-corrected chi connectivity index (χ4v) is 4.36. The highest BCUT2D eigenvalue weighted by atomic mass is 16.5. The molecule has 4 aliphatic rings. The van der Waals surface area contributed by atoms with Crippen molar-refractivity contribution < 1.29 is 24.5 Å². The molecule has 6 atom stereocenters. The molecule has 7 nitrogen and oxygen atoms in total. The van der Waals surface area contributed by atoms with Gasteiger partial charge >= 0.3 is 12.0 Å². The second-order valence-corrected chi connectivity index (χ2v) is 6.92. The van der Waals surface area contributed by atoms with Crippen LogP contribution in [-0.2, 0) is 9.53 Å². The van der Waals surface area contributed by atoms with Crippen molar-refractivity contribution in [2.75, 3.05) is 26.3 Å². The van der Waals surface area contributed by atoms with Crippen LogP contribution in [0, 0.1) is 23.2 Å². The van der Waals surface area contributed by atoms with E-state index in [-0.39, 0.29) is 42.5 Å². The molecule has 2 amide bonds. The molecule has 2 saturated heterocycles. The highest BCUT2D eigenvalue weighted by Gasteiger charge is 2.72. The minimum Gasteiger partial charge on any atom is -0.481 e. The number of likely N-dealkylation sites (tertiary alicyclic amines) is 1. The van der Waals surface area contributed by atoms with Gasteiger partial charge < -0.3 is 25.2 Å². The largest absolute Gasteiger partial charge is 0.481 e. The first-order valence-electron chi connectivity index (χ1n) is 7.56. The van der Waals surface area contributed by atoms with Crippen LogP contribution in [0.5, 0.6) is 0 Å². The minimum absolute atomic E-state index is 0.00333. The van der Waals surface area contributed by atoms with Gasteiger partial charge in [-0.25, -0.2) is 4.79 Å². The lowest BCUT2D eigenvalue weighted by atomic mass is 9.80. The van der Waals surface area contributed by atoms with Crippen LogP contribution < -0.4 is 5.32 Å². The molecule has 7 heteroatoms. The quantitative estimate of drug-likeness (QED) is 0.652. The van der Waals surface area contributed by atoms with E-state index in [1.165, 1.54) is 0 Å². The van der Waals surface area contributed by atoms with Crippen molar-refractivity contribution in [3.8, 4) is 0 Å². The molecule has 116 valence electrons. The number of carbonyl (C=O) groups is 2. The number of rotatable bonds is 3. The van der Waals surface area contributed by atoms with Crippen molar-refractivity contribution in [1.29, 1.82) is 0 Å². The van der Waals surface area contributed by atoms with E-state index < -0.39 is 11.4 Å². The van der Waals surface area contributed by atoms with Crippen molar-refractivity contribution in [3.63, 3.8) is 0 Å². The Labute approximate surface area is 122 Å². The lowest BCUT2D eigenvalue weighted by molar-refractivity contribution is -0.147. The van der Waals surface area contributed by atoms with E-state index in [0.717, 1.165) is 0 Å². The zero-order valence-corrected chi connectivity index (χ0v) is 11.7. The van der Waals surface area contributed by atoms with E-state index in [0.29, 0.717) is 32.5 Å². The molecule has 0 unspecified atom stereocenters. The summed E-state index contributed by atoms with van der Waals surface area (Å²) in [6.45, 7) is 1.85. The molecule has 2 heterocycles. The average Bonchev–Trinajstić information content (AvgIpc) is 2.76. The predicted octanol–water partition coefficient (Wildman–Crippen LogP) is -0.502. The average molecular weight is 296 g/mol. The van der Waals surface area contributed by atoms with Gasteiger partial charge in [0.05, 0.1) is 18.1 Å². The second kappa shape index (κ2) is 4.33. The van der Waals surface area contributed by atoms with Crippen molar-refractivity contribution in [2.45, 2.75) is 25.0 Å². The third-order valence-corrected chi connectivity index (χ3v) is 5.90. The molecular formula is C14H20N2O5. The van der Waals surface area contributed by atoms with Gasteiger partial charge in [-0.3, -0.25) is 4.79 Å². The maximum Gasteiger partial charge on any atom is 0.317 e. The summed E-state index contributed by atoms with van der Waals surface area (Å²) in [4.78, 5) is 25.1. The molecule has 0 radical (unpaired) electrons. The molecular weight excluding hydrogens is 276 g/mol. The normalized spacial score (nSPS) is 46.5. The Bertz CT molecular complexity index is 498. The molecule has 2 saturated carbocycles. The summed E-state index contributed by atoms with van der Waals surface area (Å²) >= 11 is 0. The number of hydrogen-bond donors (Lipinski definition) is 3. The molecule has 21 heavy (non-hydrogen) atoms. The zero-order chi connectivity index (χ0) is 14.8. The van der Waals surface area contributed by atoms with Gasteiger partial charge in [0.2, 0.25) is 0 Å². The minimum atomic E-state index is -0.729. The van der Waals surface area contributed by atoms with Crippen molar-refractivity contribution in [3.05, 3.63) is 0 Å². The summed E-state index contributed by atoms with van der Waals surface area (Å²) in [6.07, 6.45) is 1.28. The molecule has 3 N–H and O–H groups in total. The summed E-state index contributed by atoms with van der Waals surface area (Å²) < 4.78 is 5.62. The summed E-state index contributed by atoms with van der Waals surface area (Å²) in [7, 11) is 0. The van der Waals surface area contributed by atoms with Crippen LogP contribution in [0.25, 0.3) is 0 Å². The first-order chi connectivity index (χ1) is 10.0. The molecule has 0 bridgehead atoms. The summed E-state index contributed by atoms with van der Waals surface area (Å²) in [6, 6.07) is -0.121. The van der Waals surface area contributed by atoms with Gasteiger partial charge in [0.25, 0.3) is 0 Å². The number of nitrogens with zero attached hydrogens (tertiary/aromatic N) is 1. The zero-order valence-electron chi connectivity index (χ0n) is 11.7. The van der Waals surface area contributed by atoms with Crippen molar-refractivity contribution >= 4 is 12.0 Å². The van der Waals surface area contributed by atoms with Crippen LogP contribution in [0.4, 0.5) is 4.79 Å². The van der Waals surface area contributed by atoms with Crippen molar-refractivity contribution in [1.82, 2.24) is 10.2 Å². The van der Waals surface area contributed by atoms with E-state index in [1.54, 1.807) is 4.90 Å². The van der Waals surface area contributed by atoms with E-state index in [4.69, 9.17) is 9.84 Å². The highest BCUT2D eigenvalue weighted by molar-refractivity contribution is 5.82. The number of nitrogens with one attached hydrogen (secondary N) is 1. The lowest BCUT2D eigenvalue weighted by Gasteiger charge is -2.33. The SMILES string of the molecule is O=C(N[C@@H]1C[C@]2(C(=O)O)C[C@H]12)N1C[C@@H]2[C@H](CO)CO[C@@H]2C1. The van der Waals surface area contributed by atoms with Gasteiger partial charge in [0, 0.05) is 37.6 Å². The van der Waals surface area contributed by atoms with Gasteiger partial charge in [0.15, 0.2) is 0 Å². The summed E-state index contributed by atoms with van der Waals surface area (Å²) in [5.74, 6) is -0.267. The molecule has 2 aliphatic carbocycles. The van der Waals surface area contributed by atoms with Crippen LogP contribution in [0.15, 0.2) is 0 Å². The van der Waals surface area contributed by atoms with Gasteiger partial charge in [-0.15, -0.1) is 0 Å². The Kier molecular flexibility index (Phi) is 2.75. The fourth-order valence-electron chi connectivity index (χ4n) is 4.36. The third kappa shape index (κ3) is 1.80. The summed E-state index contributed by atoms with van der Waals surface area (Å²) in [5.41, 5.74) is -0.537. The number of carboxylic acid groups (broad SMARTS) is 1. The van der Waals surface area contributed by atoms with Crippen molar-refractivity contribution in [2.24, 2.45) is 23.2 Å². The Hall–Kier alpha value is -1.34. The number of carboxylic acids is 1. The fraction of sp³-hybridized carbons (Fsp3) is 0.857. The second-order valence-electron chi connectivity index (χ2n) is 6.92. The molecule has 4 fully saturated rings. The highest BCUT2D eigenvalue weighted by Crippen LogP contribution is 2.67. The molecule has 4 rings (SSSR count). The predicted molar refractivity (Wildman–Crippen MR) is 70.5 cm³/mol. The van der Waals surface area contributed by atoms with Crippen LogP contribution in [-0.4, -0.2) is 65.6 Å². The van der Waals surface area contributed by atoms with Crippen LogP contribution in [0.2, 0.25) is 0 Å². The number of carbonyl (C=O) groups excluding carboxylic acids is 1. The van der Waals surface area contributed by atoms with E-state index >= 15 is 0 Å². The van der Waals surface area contributed by atoms with Crippen LogP contribution >= 0.6 is 0 Å². The standard InChI is InChI=1S/C14H20N2O5/c17-5-7-6-21-11-4-16(3-8(7)11)13(20)15-10-2-14(12(18)19)1-9(10)14/h7-11,17H,1-6H2,(H,15,20)(H,18,19)/t7-,8-,9-,10-,11-,14-/m1/s1. The molecule has 0 spiro atoms. The first-order valence-corrected chi connectivity index (χ1v) is 7.56. The Morgan fingerprint density at radius 3 is 2.76 bits per heavy atom. The van der Waals surface area contributed by atoms with Gasteiger partial charge in [-0.05, 0) is 18.8 Å². The number of ether oxygens (including phenoxy) is 1. The van der Waals surface area contributed by atoms with Crippen LogP contribution in [0.3, 0.4) is 0 Å². The van der Waals surface area contributed by atoms with E-state index in [9.17, 15) is 14.7 Å². The van der Waals surface area contributed by atoms with Gasteiger partial charge in [-0.1, -0.05) is 0 Å². The number of aliphatic carboxylic acids is 1. The molecule has 2 aliphatic heterocycles. The Morgan fingerprint density at radius 2 is 2.14 bits per heavy atom. The molecule has 0 aromatic rings. The maximum atomic E-state index is 12.3. The molecule has 0 aromatic heterocycles. The third-order valence-electron chi connectivity index (χ3n) is 5.90. The first kappa shape index (κ1) is 13.3. The Balaban J connectivity index is 1.31. The van der Waals surface area contributed by atoms with E-state index in [1.807, 2.05) is 0 Å². The Morgan fingerprint density at radius 1 is 1.33 bits per heavy atom. The molecule has 0 aromatic carbocycles. The number of aliphatic hydroxyl groups is 1. The summed E-state index contributed by atoms with van der Waals surface area (Å²) in [5, 5.41) is 21.4. The topological polar surface area (TPSA) is 99.1 Å². The van der Waals surface area contributed by atoms with Crippen LogP contribution in [0.1, 0.15) is 12.8 Å². The van der Waals surface area contributed by atoms with E-state index in [2.05, 4.69) is 5.32 Å². The van der Waals surface area contributed by atoms with Gasteiger partial charge in [-0.2, -0.15) is 0 Å². The monoisotopic (exact) mass is 296 g/mol. The smallest absolute Gasteiger partial charge is 0.317 e. The number of aliphatic hydroxyl groups excluding tert-OH is 1. The number of amides is 2. The number of fused-ring (bicyclic) bond motifs is 2. The number of hydrogen-bond acceptors (Lipinski definition) is 4. The lowest BCUT2D eigenvalue weighted by Crippen LogP contribution is -2.52. The maximum absolute atomic E-state index is 12.3. The number of urea groups is 1.